The average Bonchev–Trinajstić information content (AvgIpc) is 2.74. The topological polar surface area (TPSA) is 44.3 Å². The number of hydrogen-bond acceptors (Lipinski definition) is 5. The number of piperazine rings is 1. The lowest BCUT2D eigenvalue weighted by Gasteiger charge is -2.36. The molecule has 1 saturated heterocycles. The molecule has 0 atom stereocenters. The summed E-state index contributed by atoms with van der Waals surface area (Å²) in [5.41, 5.74) is 3.55. The summed E-state index contributed by atoms with van der Waals surface area (Å²) in [6, 6.07) is 17.0. The van der Waals surface area contributed by atoms with Crippen molar-refractivity contribution in [3.8, 4) is 0 Å². The van der Waals surface area contributed by atoms with Crippen molar-refractivity contribution in [3.63, 3.8) is 0 Å². The molecule has 5 nitrogen and oxygen atoms in total. The molecule has 4 rings (SSSR count). The van der Waals surface area contributed by atoms with Gasteiger partial charge in [0, 0.05) is 44.6 Å². The van der Waals surface area contributed by atoms with Crippen molar-refractivity contribution in [2.24, 2.45) is 0 Å². The molecule has 3 aromatic rings. The molecular formula is C22H24FN5. The van der Waals surface area contributed by atoms with E-state index in [-0.39, 0.29) is 5.82 Å². The minimum absolute atomic E-state index is 0.230. The van der Waals surface area contributed by atoms with Gasteiger partial charge >= 0.3 is 0 Å². The van der Waals surface area contributed by atoms with Gasteiger partial charge in [-0.15, -0.1) is 0 Å². The van der Waals surface area contributed by atoms with Gasteiger partial charge in [0.1, 0.15) is 11.6 Å². The Bertz CT molecular complexity index is 920. The predicted octanol–water partition coefficient (Wildman–Crippen LogP) is 3.86. The van der Waals surface area contributed by atoms with Crippen LogP contribution in [0, 0.1) is 12.7 Å². The molecule has 0 amide bonds. The van der Waals surface area contributed by atoms with Gasteiger partial charge in [0.15, 0.2) is 0 Å². The zero-order valence-electron chi connectivity index (χ0n) is 16.0. The molecule has 2 aromatic carbocycles. The van der Waals surface area contributed by atoms with Gasteiger partial charge in [0.2, 0.25) is 5.95 Å². The first-order valence-electron chi connectivity index (χ1n) is 9.55. The third kappa shape index (κ3) is 4.39. The lowest BCUT2D eigenvalue weighted by molar-refractivity contribution is 0.627. The second-order valence-corrected chi connectivity index (χ2v) is 7.03. The van der Waals surface area contributed by atoms with Crippen LogP contribution in [-0.2, 0) is 6.54 Å². The third-order valence-corrected chi connectivity index (χ3v) is 4.98. The number of benzene rings is 2. The Morgan fingerprint density at radius 1 is 0.964 bits per heavy atom. The first-order valence-corrected chi connectivity index (χ1v) is 9.55. The second kappa shape index (κ2) is 8.25. The van der Waals surface area contributed by atoms with Gasteiger partial charge in [-0.25, -0.2) is 9.37 Å². The molecule has 1 aliphatic heterocycles. The molecule has 1 N–H and O–H groups in total. The van der Waals surface area contributed by atoms with Crippen LogP contribution in [0.3, 0.4) is 0 Å². The molecule has 0 bridgehead atoms. The fraction of sp³-hybridized carbons (Fsp3) is 0.273. The zero-order valence-corrected chi connectivity index (χ0v) is 16.0. The summed E-state index contributed by atoms with van der Waals surface area (Å²) in [7, 11) is 0. The Hall–Kier alpha value is -3.15. The van der Waals surface area contributed by atoms with Crippen molar-refractivity contribution in [3.05, 3.63) is 77.7 Å². The van der Waals surface area contributed by atoms with Crippen molar-refractivity contribution >= 4 is 17.5 Å². The van der Waals surface area contributed by atoms with E-state index in [2.05, 4.69) is 56.3 Å². The average molecular weight is 377 g/mol. The number of anilines is 3. The van der Waals surface area contributed by atoms with Gasteiger partial charge < -0.3 is 15.1 Å². The lowest BCUT2D eigenvalue weighted by Crippen LogP contribution is -2.46. The molecular weight excluding hydrogens is 353 g/mol. The van der Waals surface area contributed by atoms with E-state index >= 15 is 0 Å². The summed E-state index contributed by atoms with van der Waals surface area (Å²) >= 11 is 0. The number of nitrogens with zero attached hydrogens (tertiary/aromatic N) is 4. The Balaban J connectivity index is 1.36. The van der Waals surface area contributed by atoms with Gasteiger partial charge in [-0.05, 0) is 48.4 Å². The van der Waals surface area contributed by atoms with Gasteiger partial charge in [-0.1, -0.05) is 24.3 Å². The van der Waals surface area contributed by atoms with Crippen LogP contribution in [0.15, 0.2) is 60.8 Å². The van der Waals surface area contributed by atoms with Gasteiger partial charge in [-0.2, -0.15) is 4.98 Å². The first-order chi connectivity index (χ1) is 13.7. The maximum absolute atomic E-state index is 13.0. The normalized spacial score (nSPS) is 14.2. The minimum atomic E-state index is -0.230. The highest BCUT2D eigenvalue weighted by atomic mass is 19.1. The Morgan fingerprint density at radius 2 is 1.71 bits per heavy atom. The Kier molecular flexibility index (Phi) is 5.37. The monoisotopic (exact) mass is 377 g/mol. The van der Waals surface area contributed by atoms with Crippen LogP contribution in [-0.4, -0.2) is 36.1 Å². The molecule has 0 unspecified atom stereocenters. The standard InChI is InChI=1S/C22H24FN5/c1-17-3-2-4-20(15-17)27-11-13-28(14-12-27)21-9-10-24-22(26-21)25-16-18-5-7-19(23)8-6-18/h2-10,15H,11-14,16H2,1H3,(H,24,25,26). The summed E-state index contributed by atoms with van der Waals surface area (Å²) in [5.74, 6) is 1.29. The van der Waals surface area contributed by atoms with Crippen molar-refractivity contribution < 1.29 is 4.39 Å². The SMILES string of the molecule is Cc1cccc(N2CCN(c3ccnc(NCc4ccc(F)cc4)n3)CC2)c1. The van der Waals surface area contributed by atoms with Gasteiger partial charge in [-0.3, -0.25) is 0 Å². The van der Waals surface area contributed by atoms with Crippen LogP contribution < -0.4 is 15.1 Å². The summed E-state index contributed by atoms with van der Waals surface area (Å²) < 4.78 is 13.0. The van der Waals surface area contributed by atoms with Gasteiger partial charge in [0.25, 0.3) is 0 Å². The van der Waals surface area contributed by atoms with Crippen LogP contribution >= 0.6 is 0 Å². The molecule has 1 aromatic heterocycles. The van der Waals surface area contributed by atoms with E-state index < -0.39 is 0 Å². The van der Waals surface area contributed by atoms with Crippen molar-refractivity contribution in [2.45, 2.75) is 13.5 Å². The smallest absolute Gasteiger partial charge is 0.224 e. The molecule has 6 heteroatoms. The van der Waals surface area contributed by atoms with Crippen molar-refractivity contribution in [2.75, 3.05) is 41.3 Å². The van der Waals surface area contributed by atoms with Crippen LogP contribution in [0.1, 0.15) is 11.1 Å². The summed E-state index contributed by atoms with van der Waals surface area (Å²) in [6.07, 6.45) is 1.78. The fourth-order valence-electron chi connectivity index (χ4n) is 3.41. The zero-order chi connectivity index (χ0) is 19.3. The molecule has 1 fully saturated rings. The highest BCUT2D eigenvalue weighted by Gasteiger charge is 2.18. The van der Waals surface area contributed by atoms with E-state index in [1.54, 1.807) is 18.3 Å². The van der Waals surface area contributed by atoms with E-state index in [4.69, 9.17) is 0 Å². The number of aryl methyl sites for hydroxylation is 1. The summed E-state index contributed by atoms with van der Waals surface area (Å²) in [5, 5.41) is 3.22. The Morgan fingerprint density at radius 3 is 2.46 bits per heavy atom. The van der Waals surface area contributed by atoms with Crippen LogP contribution in [0.2, 0.25) is 0 Å². The lowest BCUT2D eigenvalue weighted by atomic mass is 10.2. The van der Waals surface area contributed by atoms with E-state index in [1.165, 1.54) is 23.4 Å². The number of aromatic nitrogens is 2. The molecule has 0 spiro atoms. The highest BCUT2D eigenvalue weighted by Crippen LogP contribution is 2.20. The maximum Gasteiger partial charge on any atom is 0.224 e. The number of nitrogens with one attached hydrogen (secondary N) is 1. The molecule has 28 heavy (non-hydrogen) atoms. The van der Waals surface area contributed by atoms with Crippen LogP contribution in [0.25, 0.3) is 0 Å². The summed E-state index contributed by atoms with van der Waals surface area (Å²) in [6.45, 7) is 6.45. The molecule has 2 heterocycles. The molecule has 144 valence electrons. The van der Waals surface area contributed by atoms with E-state index in [0.717, 1.165) is 37.6 Å². The molecule has 1 aliphatic rings. The van der Waals surface area contributed by atoms with Crippen LogP contribution in [0.4, 0.5) is 21.8 Å². The highest BCUT2D eigenvalue weighted by molar-refractivity contribution is 5.51. The number of rotatable bonds is 5. The number of halogens is 1. The molecule has 0 saturated carbocycles. The quantitative estimate of drug-likeness (QED) is 0.731. The van der Waals surface area contributed by atoms with Crippen molar-refractivity contribution in [1.82, 2.24) is 9.97 Å². The Labute approximate surface area is 164 Å². The van der Waals surface area contributed by atoms with Crippen molar-refractivity contribution in [1.29, 1.82) is 0 Å². The van der Waals surface area contributed by atoms with E-state index in [0.29, 0.717) is 12.5 Å². The largest absolute Gasteiger partial charge is 0.368 e. The number of hydrogen-bond donors (Lipinski definition) is 1. The minimum Gasteiger partial charge on any atom is -0.368 e. The van der Waals surface area contributed by atoms with E-state index in [9.17, 15) is 4.39 Å². The predicted molar refractivity (Wildman–Crippen MR) is 111 cm³/mol. The maximum atomic E-state index is 13.0. The molecule has 0 radical (unpaired) electrons. The third-order valence-electron chi connectivity index (χ3n) is 4.98. The second-order valence-electron chi connectivity index (χ2n) is 7.03. The van der Waals surface area contributed by atoms with E-state index in [1.807, 2.05) is 6.07 Å². The summed E-state index contributed by atoms with van der Waals surface area (Å²) in [4.78, 5) is 13.7. The van der Waals surface area contributed by atoms with Crippen LogP contribution in [0.5, 0.6) is 0 Å². The first kappa shape index (κ1) is 18.2. The van der Waals surface area contributed by atoms with Gasteiger partial charge in [0.05, 0.1) is 0 Å². The fourth-order valence-corrected chi connectivity index (χ4v) is 3.41. The molecule has 0 aliphatic carbocycles.